The number of ether oxygens (including phenoxy) is 1. The summed E-state index contributed by atoms with van der Waals surface area (Å²) in [6.45, 7) is 1.01. The van der Waals surface area contributed by atoms with Gasteiger partial charge in [-0.3, -0.25) is 0 Å². The second-order valence-corrected chi connectivity index (χ2v) is 6.96. The van der Waals surface area contributed by atoms with Crippen LogP contribution < -0.4 is 5.73 Å². The van der Waals surface area contributed by atoms with Crippen molar-refractivity contribution in [2.75, 3.05) is 6.61 Å². The number of rotatable bonds is 3. The van der Waals surface area contributed by atoms with Gasteiger partial charge in [-0.15, -0.1) is 0 Å². The first-order valence-electron chi connectivity index (χ1n) is 8.18. The third-order valence-electron chi connectivity index (χ3n) is 5.89. The molecule has 2 nitrogen and oxygen atoms in total. The van der Waals surface area contributed by atoms with E-state index in [9.17, 15) is 0 Å². The lowest BCUT2D eigenvalue weighted by atomic mass is 9.58. The van der Waals surface area contributed by atoms with E-state index in [1.807, 2.05) is 0 Å². The van der Waals surface area contributed by atoms with Gasteiger partial charge in [0.1, 0.15) is 0 Å². The molecule has 104 valence electrons. The van der Waals surface area contributed by atoms with E-state index in [-0.39, 0.29) is 0 Å². The lowest BCUT2D eigenvalue weighted by Crippen LogP contribution is -2.62. The summed E-state index contributed by atoms with van der Waals surface area (Å²) in [4.78, 5) is 0. The Balaban J connectivity index is 1.54. The number of hydrogen-bond acceptors (Lipinski definition) is 2. The fraction of sp³-hybridized carbons (Fsp3) is 1.00. The van der Waals surface area contributed by atoms with Gasteiger partial charge in [0, 0.05) is 18.1 Å². The molecule has 3 aliphatic carbocycles. The Bertz CT molecular complexity index is 264. The molecule has 2 N–H and O–H groups in total. The first-order valence-corrected chi connectivity index (χ1v) is 8.18. The van der Waals surface area contributed by atoms with Crippen molar-refractivity contribution in [1.82, 2.24) is 0 Å². The maximum Gasteiger partial charge on any atom is 0.0661 e. The molecule has 2 atom stereocenters. The topological polar surface area (TPSA) is 35.2 Å². The van der Waals surface area contributed by atoms with Crippen LogP contribution >= 0.6 is 0 Å². The third kappa shape index (κ3) is 2.34. The van der Waals surface area contributed by atoms with Crippen molar-refractivity contribution >= 4 is 0 Å². The van der Waals surface area contributed by atoms with Crippen LogP contribution in [0.25, 0.3) is 0 Å². The lowest BCUT2D eigenvalue weighted by Gasteiger charge is -2.54. The summed E-state index contributed by atoms with van der Waals surface area (Å²) in [6, 6.07) is 0.421. The van der Waals surface area contributed by atoms with Crippen LogP contribution in [-0.2, 0) is 4.74 Å². The Hall–Kier alpha value is -0.0800. The lowest BCUT2D eigenvalue weighted by molar-refractivity contribution is -0.141. The van der Waals surface area contributed by atoms with Gasteiger partial charge in [-0.25, -0.2) is 0 Å². The van der Waals surface area contributed by atoms with Gasteiger partial charge in [0.15, 0.2) is 0 Å². The number of nitrogens with two attached hydrogens (primary N) is 1. The molecule has 3 saturated carbocycles. The van der Waals surface area contributed by atoms with Crippen LogP contribution in [0.4, 0.5) is 0 Å². The maximum absolute atomic E-state index is 6.35. The van der Waals surface area contributed by atoms with Crippen molar-refractivity contribution in [3.63, 3.8) is 0 Å². The Labute approximate surface area is 112 Å². The zero-order valence-electron chi connectivity index (χ0n) is 11.7. The van der Waals surface area contributed by atoms with Crippen LogP contribution in [0.2, 0.25) is 0 Å². The van der Waals surface area contributed by atoms with E-state index >= 15 is 0 Å². The maximum atomic E-state index is 6.35. The molecule has 0 aromatic rings. The minimum Gasteiger partial charge on any atom is -0.377 e. The summed E-state index contributed by atoms with van der Waals surface area (Å²) in [7, 11) is 0. The van der Waals surface area contributed by atoms with Crippen molar-refractivity contribution in [1.29, 1.82) is 0 Å². The van der Waals surface area contributed by atoms with Gasteiger partial charge in [0.25, 0.3) is 0 Å². The van der Waals surface area contributed by atoms with Crippen molar-refractivity contribution in [2.24, 2.45) is 17.1 Å². The van der Waals surface area contributed by atoms with Gasteiger partial charge in [0.2, 0.25) is 0 Å². The molecule has 2 heteroatoms. The Morgan fingerprint density at radius 1 is 0.944 bits per heavy atom. The molecular formula is C16H29NO. The monoisotopic (exact) mass is 251 g/mol. The first-order chi connectivity index (χ1) is 8.81. The van der Waals surface area contributed by atoms with Crippen LogP contribution in [0, 0.1) is 11.3 Å². The SMILES string of the molecule is NC1CC(OCC2CCCC2)C12CCCCCC2. The minimum absolute atomic E-state index is 0.370. The molecule has 18 heavy (non-hydrogen) atoms. The highest BCUT2D eigenvalue weighted by molar-refractivity contribution is 5.07. The quantitative estimate of drug-likeness (QED) is 0.831. The van der Waals surface area contributed by atoms with Crippen LogP contribution in [0.3, 0.4) is 0 Å². The fourth-order valence-electron chi connectivity index (χ4n) is 4.52. The van der Waals surface area contributed by atoms with E-state index in [1.54, 1.807) is 0 Å². The summed E-state index contributed by atoms with van der Waals surface area (Å²) in [5, 5.41) is 0. The zero-order valence-corrected chi connectivity index (χ0v) is 11.7. The summed E-state index contributed by atoms with van der Waals surface area (Å²) in [5.74, 6) is 0.852. The molecule has 0 radical (unpaired) electrons. The van der Waals surface area contributed by atoms with E-state index in [2.05, 4.69) is 0 Å². The van der Waals surface area contributed by atoms with Crippen LogP contribution in [-0.4, -0.2) is 18.8 Å². The van der Waals surface area contributed by atoms with Crippen LogP contribution in [0.15, 0.2) is 0 Å². The highest BCUT2D eigenvalue weighted by Crippen LogP contribution is 2.51. The van der Waals surface area contributed by atoms with E-state index in [0.29, 0.717) is 17.6 Å². The zero-order chi connectivity index (χ0) is 12.4. The normalized spacial score (nSPS) is 36.5. The molecule has 0 aromatic heterocycles. The third-order valence-corrected chi connectivity index (χ3v) is 5.89. The Morgan fingerprint density at radius 2 is 1.61 bits per heavy atom. The summed E-state index contributed by atoms with van der Waals surface area (Å²) in [6.07, 6.45) is 15.4. The molecule has 1 spiro atoms. The van der Waals surface area contributed by atoms with Crippen molar-refractivity contribution in [3.05, 3.63) is 0 Å². The van der Waals surface area contributed by atoms with E-state index in [1.165, 1.54) is 64.2 Å². The minimum atomic E-state index is 0.370. The van der Waals surface area contributed by atoms with Gasteiger partial charge in [-0.05, 0) is 38.0 Å². The predicted octanol–water partition coefficient (Wildman–Crippen LogP) is 3.63. The average Bonchev–Trinajstić information content (AvgIpc) is 2.75. The molecule has 3 rings (SSSR count). The van der Waals surface area contributed by atoms with Gasteiger partial charge in [-0.1, -0.05) is 38.5 Å². The number of hydrogen-bond donors (Lipinski definition) is 1. The van der Waals surface area contributed by atoms with Crippen molar-refractivity contribution in [2.45, 2.75) is 82.8 Å². The molecule has 0 saturated heterocycles. The largest absolute Gasteiger partial charge is 0.377 e. The molecule has 0 heterocycles. The second kappa shape index (κ2) is 5.50. The molecule has 0 aromatic carbocycles. The van der Waals surface area contributed by atoms with Gasteiger partial charge in [-0.2, -0.15) is 0 Å². The molecule has 0 bridgehead atoms. The highest BCUT2D eigenvalue weighted by atomic mass is 16.5. The predicted molar refractivity (Wildman–Crippen MR) is 74.4 cm³/mol. The van der Waals surface area contributed by atoms with Gasteiger partial charge < -0.3 is 10.5 Å². The summed E-state index contributed by atoms with van der Waals surface area (Å²) >= 11 is 0. The van der Waals surface area contributed by atoms with E-state index in [0.717, 1.165) is 18.9 Å². The van der Waals surface area contributed by atoms with E-state index < -0.39 is 0 Å². The second-order valence-electron chi connectivity index (χ2n) is 6.96. The fourth-order valence-corrected chi connectivity index (χ4v) is 4.52. The van der Waals surface area contributed by atoms with Crippen LogP contribution in [0.5, 0.6) is 0 Å². The standard InChI is InChI=1S/C16H29NO/c17-14-11-15(18-12-13-7-3-4-8-13)16(14)9-5-1-2-6-10-16/h13-15H,1-12,17H2. The van der Waals surface area contributed by atoms with E-state index in [4.69, 9.17) is 10.5 Å². The average molecular weight is 251 g/mol. The van der Waals surface area contributed by atoms with Crippen LogP contribution in [0.1, 0.15) is 70.6 Å². The first kappa shape index (κ1) is 12.9. The summed E-state index contributed by atoms with van der Waals surface area (Å²) in [5.41, 5.74) is 6.72. The van der Waals surface area contributed by atoms with Crippen molar-refractivity contribution in [3.8, 4) is 0 Å². The summed E-state index contributed by atoms with van der Waals surface area (Å²) < 4.78 is 6.30. The smallest absolute Gasteiger partial charge is 0.0661 e. The molecular weight excluding hydrogens is 222 g/mol. The van der Waals surface area contributed by atoms with Gasteiger partial charge in [0.05, 0.1) is 6.10 Å². The molecule has 3 aliphatic rings. The highest BCUT2D eigenvalue weighted by Gasteiger charge is 2.53. The molecule has 0 amide bonds. The van der Waals surface area contributed by atoms with Gasteiger partial charge >= 0.3 is 0 Å². The molecule has 2 unspecified atom stereocenters. The Morgan fingerprint density at radius 3 is 2.22 bits per heavy atom. The Kier molecular flexibility index (Phi) is 3.95. The molecule has 3 fully saturated rings. The van der Waals surface area contributed by atoms with Crippen molar-refractivity contribution < 1.29 is 4.74 Å². The molecule has 0 aliphatic heterocycles.